The van der Waals surface area contributed by atoms with Crippen LogP contribution in [0.4, 0.5) is 13.2 Å². The Balaban J connectivity index is 0.000000384. The third-order valence-electron chi connectivity index (χ3n) is 6.24. The molecule has 2 aromatic carbocycles. The number of carboxylic acids is 1. The molecule has 38 heavy (non-hydrogen) atoms. The predicted molar refractivity (Wildman–Crippen MR) is 143 cm³/mol. The minimum atomic E-state index is -4.17. The number of allylic oxidation sites excluding steroid dienone is 1. The zero-order valence-corrected chi connectivity index (χ0v) is 23.7. The monoisotopic (exact) mass is 620 g/mol. The van der Waals surface area contributed by atoms with Crippen molar-refractivity contribution in [2.45, 2.75) is 50.7 Å². The Hall–Kier alpha value is -2.41. The quantitative estimate of drug-likeness (QED) is 0.267. The van der Waals surface area contributed by atoms with E-state index >= 15 is 0 Å². The fourth-order valence-electron chi connectivity index (χ4n) is 4.25. The predicted octanol–water partition coefficient (Wildman–Crippen LogP) is 5.76. The normalized spacial score (nSPS) is 16.6. The van der Waals surface area contributed by atoms with Gasteiger partial charge in [-0.2, -0.15) is 21.6 Å². The number of benzene rings is 2. The van der Waals surface area contributed by atoms with E-state index in [1.807, 2.05) is 19.9 Å². The molecule has 7 nitrogen and oxygen atoms in total. The summed E-state index contributed by atoms with van der Waals surface area (Å²) in [6.07, 6.45) is -2.88. The summed E-state index contributed by atoms with van der Waals surface area (Å²) in [7, 11) is -4.02. The largest absolute Gasteiger partial charge is 0.478 e. The number of carboxylic acid groups (broad SMARTS) is 1. The van der Waals surface area contributed by atoms with Crippen molar-refractivity contribution < 1.29 is 36.0 Å². The third kappa shape index (κ3) is 10.0. The van der Waals surface area contributed by atoms with E-state index in [0.29, 0.717) is 41.7 Å². The van der Waals surface area contributed by atoms with Crippen molar-refractivity contribution in [1.29, 1.82) is 0 Å². The number of alkyl halides is 3. The maximum Gasteiger partial charge on any atom is 0.401 e. The van der Waals surface area contributed by atoms with Gasteiger partial charge in [-0.3, -0.25) is 9.45 Å². The van der Waals surface area contributed by atoms with Crippen molar-refractivity contribution in [2.24, 2.45) is 5.92 Å². The Bertz CT molecular complexity index is 1230. The number of nitrogens with one attached hydrogen (secondary N) is 1. The van der Waals surface area contributed by atoms with Gasteiger partial charge < -0.3 is 10.4 Å². The number of piperidine rings is 1. The molecular formula is C26H32BrF3N2O5S. The van der Waals surface area contributed by atoms with E-state index in [2.05, 4.69) is 21.2 Å². The number of hydrogen-bond acceptors (Lipinski definition) is 5. The fourth-order valence-corrected chi connectivity index (χ4v) is 5.21. The van der Waals surface area contributed by atoms with Gasteiger partial charge in [0.15, 0.2) is 0 Å². The molecule has 0 aromatic heterocycles. The van der Waals surface area contributed by atoms with E-state index in [0.717, 1.165) is 5.56 Å². The first kappa shape index (κ1) is 31.8. The number of rotatable bonds is 7. The summed E-state index contributed by atoms with van der Waals surface area (Å²) >= 11 is 3.38. The molecule has 1 aliphatic rings. The number of likely N-dealkylation sites (tertiary alicyclic amines) is 1. The van der Waals surface area contributed by atoms with Crippen molar-refractivity contribution in [3.63, 3.8) is 0 Å². The summed E-state index contributed by atoms with van der Waals surface area (Å²) in [4.78, 5) is 13.2. The van der Waals surface area contributed by atoms with Gasteiger partial charge >= 0.3 is 12.1 Å². The van der Waals surface area contributed by atoms with Crippen LogP contribution < -0.4 is 5.32 Å². The lowest BCUT2D eigenvalue weighted by molar-refractivity contribution is -0.148. The Kier molecular flexibility index (Phi) is 11.4. The maximum absolute atomic E-state index is 12.5. The van der Waals surface area contributed by atoms with E-state index in [1.54, 1.807) is 37.3 Å². The summed E-state index contributed by atoms with van der Waals surface area (Å²) in [6, 6.07) is 13.1. The van der Waals surface area contributed by atoms with Crippen LogP contribution >= 0.6 is 15.9 Å². The molecule has 1 fully saturated rings. The van der Waals surface area contributed by atoms with Crippen molar-refractivity contribution in [3.8, 4) is 0 Å². The minimum absolute atomic E-state index is 0.0325. The highest BCUT2D eigenvalue weighted by Gasteiger charge is 2.33. The number of hydrogen-bond donors (Lipinski definition) is 3. The van der Waals surface area contributed by atoms with E-state index in [1.165, 1.54) is 17.0 Å². The molecule has 1 heterocycles. The summed E-state index contributed by atoms with van der Waals surface area (Å²) in [6.45, 7) is 5.44. The molecule has 0 amide bonds. The summed E-state index contributed by atoms with van der Waals surface area (Å²) in [5.74, 6) is -0.835. The highest BCUT2D eigenvalue weighted by atomic mass is 79.9. The van der Waals surface area contributed by atoms with Crippen LogP contribution in [0.1, 0.15) is 37.8 Å². The molecule has 0 saturated carbocycles. The minimum Gasteiger partial charge on any atom is -0.478 e. The highest BCUT2D eigenvalue weighted by molar-refractivity contribution is 9.10. The van der Waals surface area contributed by atoms with Gasteiger partial charge in [-0.1, -0.05) is 51.8 Å². The summed E-state index contributed by atoms with van der Waals surface area (Å²) < 4.78 is 67.8. The maximum atomic E-state index is 12.5. The second kappa shape index (κ2) is 13.6. The number of halogens is 4. The lowest BCUT2D eigenvalue weighted by atomic mass is 9.90. The molecule has 2 aromatic rings. The topological polar surface area (TPSA) is 107 Å². The average Bonchev–Trinajstić information content (AvgIpc) is 2.80. The van der Waals surface area contributed by atoms with Crippen LogP contribution in [0.3, 0.4) is 0 Å². The van der Waals surface area contributed by atoms with Crippen molar-refractivity contribution in [1.82, 2.24) is 10.2 Å². The molecule has 1 aliphatic heterocycles. The Morgan fingerprint density at radius 1 is 1.13 bits per heavy atom. The molecule has 0 unspecified atom stereocenters. The van der Waals surface area contributed by atoms with Crippen molar-refractivity contribution in [3.05, 3.63) is 69.8 Å². The molecule has 0 radical (unpaired) electrons. The van der Waals surface area contributed by atoms with Crippen LogP contribution in [-0.2, 0) is 14.9 Å². The van der Waals surface area contributed by atoms with Gasteiger partial charge in [-0.25, -0.2) is 4.79 Å². The molecule has 0 aliphatic carbocycles. The third-order valence-corrected chi connectivity index (χ3v) is 7.80. The number of nitrogens with zero attached hydrogens (tertiary/aromatic N) is 1. The Morgan fingerprint density at radius 3 is 2.16 bits per heavy atom. The standard InChI is InChI=1S/C19H24BrF3N2O2.C7H8O3S/c1-12(14-7-9-25(10-8-14)11-19(21,22)23)24-13(2)17(18(26)27)15-5-3-4-6-16(15)20;1-6-2-4-7(5-3-6)11(8,9)10/h3-6,12,14,24H,7-11H2,1-2H3,(H,26,27);2-5H,1H3,(H,8,9,10)/b17-13-;/t12-;/m1./s1. The van der Waals surface area contributed by atoms with Crippen LogP contribution in [0, 0.1) is 12.8 Å². The zero-order valence-electron chi connectivity index (χ0n) is 21.3. The number of aryl methyl sites for hydroxylation is 1. The Morgan fingerprint density at radius 2 is 1.68 bits per heavy atom. The van der Waals surface area contributed by atoms with Gasteiger partial charge in [0.1, 0.15) is 0 Å². The van der Waals surface area contributed by atoms with Gasteiger partial charge in [-0.15, -0.1) is 0 Å². The van der Waals surface area contributed by atoms with Crippen LogP contribution in [0.25, 0.3) is 5.57 Å². The lowest BCUT2D eigenvalue weighted by Gasteiger charge is -2.36. The van der Waals surface area contributed by atoms with Gasteiger partial charge in [0.25, 0.3) is 10.1 Å². The number of carbonyl (C=O) groups is 1. The van der Waals surface area contributed by atoms with Gasteiger partial charge in [-0.05, 0) is 70.8 Å². The van der Waals surface area contributed by atoms with E-state index in [9.17, 15) is 31.5 Å². The first-order valence-electron chi connectivity index (χ1n) is 11.9. The smallest absolute Gasteiger partial charge is 0.401 e. The second-order valence-electron chi connectivity index (χ2n) is 9.23. The molecule has 12 heteroatoms. The molecule has 3 N–H and O–H groups in total. The Labute approximate surface area is 229 Å². The second-order valence-corrected chi connectivity index (χ2v) is 11.5. The van der Waals surface area contributed by atoms with Gasteiger partial charge in [0, 0.05) is 21.8 Å². The molecule has 1 saturated heterocycles. The van der Waals surface area contributed by atoms with Crippen LogP contribution in [0.2, 0.25) is 0 Å². The summed E-state index contributed by atoms with van der Waals surface area (Å²) in [5, 5.41) is 12.9. The molecular weight excluding hydrogens is 589 g/mol. The average molecular weight is 622 g/mol. The first-order chi connectivity index (χ1) is 17.6. The fraction of sp³-hybridized carbons (Fsp3) is 0.423. The SMILES string of the molecule is C/C(N[C@H](C)C1CCN(CC(F)(F)F)CC1)=C(/C(=O)O)c1ccccc1Br.Cc1ccc(S(=O)(=O)O)cc1. The highest BCUT2D eigenvalue weighted by Crippen LogP contribution is 2.28. The molecule has 1 atom stereocenters. The molecule has 3 rings (SSSR count). The van der Waals surface area contributed by atoms with Gasteiger partial charge in [0.2, 0.25) is 0 Å². The van der Waals surface area contributed by atoms with Crippen LogP contribution in [0.5, 0.6) is 0 Å². The number of aliphatic carboxylic acids is 1. The van der Waals surface area contributed by atoms with Crippen LogP contribution in [0.15, 0.2) is 63.6 Å². The summed E-state index contributed by atoms with van der Waals surface area (Å²) in [5.41, 5.74) is 2.27. The molecule has 210 valence electrons. The zero-order chi connectivity index (χ0) is 28.7. The molecule has 0 bridgehead atoms. The first-order valence-corrected chi connectivity index (χ1v) is 14.1. The lowest BCUT2D eigenvalue weighted by Crippen LogP contribution is -2.44. The van der Waals surface area contributed by atoms with Crippen molar-refractivity contribution in [2.75, 3.05) is 19.6 Å². The van der Waals surface area contributed by atoms with Crippen molar-refractivity contribution >= 4 is 37.6 Å². The van der Waals surface area contributed by atoms with E-state index in [-0.39, 0.29) is 22.4 Å². The van der Waals surface area contributed by atoms with E-state index in [4.69, 9.17) is 4.55 Å². The molecule has 0 spiro atoms. The van der Waals surface area contributed by atoms with E-state index < -0.39 is 28.8 Å². The van der Waals surface area contributed by atoms with Gasteiger partial charge in [0.05, 0.1) is 17.0 Å². The van der Waals surface area contributed by atoms with Crippen LogP contribution in [-0.4, -0.2) is 60.8 Å².